The number of piperidine rings is 2. The Bertz CT molecular complexity index is 309. The van der Waals surface area contributed by atoms with E-state index in [0.29, 0.717) is 6.04 Å². The predicted molar refractivity (Wildman–Crippen MR) is 92.3 cm³/mol. The average molecular weight is 340 g/mol. The van der Waals surface area contributed by atoms with Gasteiger partial charge in [0.1, 0.15) is 0 Å². The van der Waals surface area contributed by atoms with Gasteiger partial charge < -0.3 is 15.5 Å². The van der Waals surface area contributed by atoms with Gasteiger partial charge in [-0.1, -0.05) is 6.92 Å². The summed E-state index contributed by atoms with van der Waals surface area (Å²) in [7, 11) is 2.22. The highest BCUT2D eigenvalue weighted by Gasteiger charge is 2.34. The molecule has 2 heterocycles. The third-order valence-corrected chi connectivity index (χ3v) is 5.15. The van der Waals surface area contributed by atoms with Crippen LogP contribution in [0.15, 0.2) is 0 Å². The van der Waals surface area contributed by atoms with E-state index in [0.717, 1.165) is 24.8 Å². The second-order valence-electron chi connectivity index (χ2n) is 6.28. The quantitative estimate of drug-likeness (QED) is 0.856. The molecule has 0 aromatic carbocycles. The molecule has 0 aromatic heterocycles. The van der Waals surface area contributed by atoms with E-state index >= 15 is 0 Å². The van der Waals surface area contributed by atoms with Crippen molar-refractivity contribution in [2.75, 3.05) is 33.2 Å². The maximum absolute atomic E-state index is 11.9. The van der Waals surface area contributed by atoms with Crippen molar-refractivity contribution in [3.63, 3.8) is 0 Å². The second kappa shape index (κ2) is 9.88. The van der Waals surface area contributed by atoms with E-state index in [1.165, 1.54) is 38.8 Å². The van der Waals surface area contributed by atoms with E-state index in [-0.39, 0.29) is 37.3 Å². The first-order valence-electron chi connectivity index (χ1n) is 7.83. The van der Waals surface area contributed by atoms with Crippen LogP contribution in [0.4, 0.5) is 0 Å². The monoisotopic (exact) mass is 339 g/mol. The number of rotatable bonds is 3. The molecular weight excluding hydrogens is 309 g/mol. The molecular formula is C15H31Cl2N3O. The third kappa shape index (κ3) is 5.27. The summed E-state index contributed by atoms with van der Waals surface area (Å²) in [5.74, 6) is 1.83. The molecule has 21 heavy (non-hydrogen) atoms. The largest absolute Gasteiger partial charge is 0.339 e. The number of nitrogens with zero attached hydrogens (tertiary/aromatic N) is 2. The van der Waals surface area contributed by atoms with Crippen LogP contribution in [-0.2, 0) is 4.79 Å². The molecule has 1 amide bonds. The van der Waals surface area contributed by atoms with Gasteiger partial charge in [-0.2, -0.15) is 0 Å². The highest BCUT2D eigenvalue weighted by atomic mass is 35.5. The molecule has 4 nitrogen and oxygen atoms in total. The van der Waals surface area contributed by atoms with Crippen LogP contribution in [0.1, 0.15) is 39.0 Å². The van der Waals surface area contributed by atoms with Gasteiger partial charge in [0, 0.05) is 12.6 Å². The average Bonchev–Trinajstić information content (AvgIpc) is 2.46. The zero-order valence-electron chi connectivity index (χ0n) is 13.3. The Hall–Kier alpha value is -0.0300. The number of likely N-dealkylation sites (tertiary alicyclic amines) is 2. The summed E-state index contributed by atoms with van der Waals surface area (Å²) in [5.41, 5.74) is 5.52. The van der Waals surface area contributed by atoms with Gasteiger partial charge in [-0.15, -0.1) is 24.8 Å². The molecule has 0 radical (unpaired) electrons. The number of carbonyl (C=O) groups excluding carboxylic acids is 1. The van der Waals surface area contributed by atoms with Crippen molar-refractivity contribution in [2.45, 2.75) is 45.1 Å². The van der Waals surface area contributed by atoms with Crippen LogP contribution in [-0.4, -0.2) is 55.0 Å². The molecule has 0 bridgehead atoms. The minimum Gasteiger partial charge on any atom is -0.339 e. The fraction of sp³-hybridized carbons (Fsp3) is 0.933. The van der Waals surface area contributed by atoms with Crippen molar-refractivity contribution in [3.8, 4) is 0 Å². The van der Waals surface area contributed by atoms with Crippen LogP contribution >= 0.6 is 24.8 Å². The topological polar surface area (TPSA) is 49.6 Å². The highest BCUT2D eigenvalue weighted by molar-refractivity contribution is 5.85. The lowest BCUT2D eigenvalue weighted by atomic mass is 9.76. The van der Waals surface area contributed by atoms with Crippen molar-refractivity contribution >= 4 is 30.7 Å². The van der Waals surface area contributed by atoms with Crippen molar-refractivity contribution in [1.29, 1.82) is 0 Å². The number of nitrogens with two attached hydrogens (primary N) is 1. The Morgan fingerprint density at radius 2 is 1.67 bits per heavy atom. The molecule has 2 fully saturated rings. The predicted octanol–water partition coefficient (Wildman–Crippen LogP) is 2.15. The Balaban J connectivity index is 0.00000200. The molecule has 0 aromatic rings. The fourth-order valence-corrected chi connectivity index (χ4v) is 3.84. The summed E-state index contributed by atoms with van der Waals surface area (Å²) < 4.78 is 0. The molecule has 126 valence electrons. The molecule has 2 rings (SSSR count). The maximum atomic E-state index is 11.9. The van der Waals surface area contributed by atoms with E-state index < -0.39 is 0 Å². The molecule has 2 saturated heterocycles. The maximum Gasteiger partial charge on any atom is 0.236 e. The Labute approximate surface area is 141 Å². The van der Waals surface area contributed by atoms with Crippen molar-refractivity contribution in [1.82, 2.24) is 9.80 Å². The standard InChI is InChI=1S/C15H29N3O.2ClH/c1-3-14-10-13(6-9-18(14)15(19)11-16)12-4-7-17(2)8-5-12;;/h12-14H,3-11,16H2,1-2H3;2*1H. The number of hydrogen-bond donors (Lipinski definition) is 1. The van der Waals surface area contributed by atoms with E-state index in [1.54, 1.807) is 0 Å². The normalized spacial score (nSPS) is 27.7. The first-order chi connectivity index (χ1) is 9.15. The van der Waals surface area contributed by atoms with Gasteiger partial charge in [-0.25, -0.2) is 0 Å². The summed E-state index contributed by atoms with van der Waals surface area (Å²) >= 11 is 0. The highest BCUT2D eigenvalue weighted by Crippen LogP contribution is 2.35. The molecule has 2 aliphatic rings. The molecule has 6 heteroatoms. The first kappa shape index (κ1) is 21.0. The minimum absolute atomic E-state index is 0. The summed E-state index contributed by atoms with van der Waals surface area (Å²) in [4.78, 5) is 16.3. The number of amides is 1. The summed E-state index contributed by atoms with van der Waals surface area (Å²) in [6.45, 7) is 5.76. The Morgan fingerprint density at radius 3 is 2.19 bits per heavy atom. The third-order valence-electron chi connectivity index (χ3n) is 5.15. The summed E-state index contributed by atoms with van der Waals surface area (Å²) in [6.07, 6.45) is 6.10. The molecule has 0 spiro atoms. The Morgan fingerprint density at radius 1 is 1.10 bits per heavy atom. The lowest BCUT2D eigenvalue weighted by Crippen LogP contribution is -2.49. The summed E-state index contributed by atoms with van der Waals surface area (Å²) in [5, 5.41) is 0. The first-order valence-corrected chi connectivity index (χ1v) is 7.83. The van der Waals surface area contributed by atoms with E-state index in [2.05, 4.69) is 18.9 Å². The van der Waals surface area contributed by atoms with Gasteiger partial charge in [0.15, 0.2) is 0 Å². The van der Waals surface area contributed by atoms with Crippen LogP contribution in [0.25, 0.3) is 0 Å². The van der Waals surface area contributed by atoms with Gasteiger partial charge in [0.2, 0.25) is 5.91 Å². The van der Waals surface area contributed by atoms with Gasteiger partial charge in [0.25, 0.3) is 0 Å². The van der Waals surface area contributed by atoms with Crippen LogP contribution in [0.3, 0.4) is 0 Å². The molecule has 0 aliphatic carbocycles. The van der Waals surface area contributed by atoms with Crippen molar-refractivity contribution in [3.05, 3.63) is 0 Å². The minimum atomic E-state index is 0. The van der Waals surface area contributed by atoms with Crippen LogP contribution in [0, 0.1) is 11.8 Å². The molecule has 2 atom stereocenters. The lowest BCUT2D eigenvalue weighted by molar-refractivity contribution is -0.134. The molecule has 2 unspecified atom stereocenters. The van der Waals surface area contributed by atoms with Crippen LogP contribution < -0.4 is 5.73 Å². The van der Waals surface area contributed by atoms with Crippen molar-refractivity contribution < 1.29 is 4.79 Å². The molecule has 2 aliphatic heterocycles. The number of hydrogen-bond acceptors (Lipinski definition) is 3. The number of halogens is 2. The smallest absolute Gasteiger partial charge is 0.236 e. The van der Waals surface area contributed by atoms with Crippen molar-refractivity contribution in [2.24, 2.45) is 17.6 Å². The number of carbonyl (C=O) groups is 1. The molecule has 0 saturated carbocycles. The van der Waals surface area contributed by atoms with Gasteiger partial charge in [-0.3, -0.25) is 4.79 Å². The van der Waals surface area contributed by atoms with E-state index in [1.807, 2.05) is 4.90 Å². The SMILES string of the molecule is CCC1CC(C2CCN(C)CC2)CCN1C(=O)CN.Cl.Cl. The zero-order chi connectivity index (χ0) is 13.8. The summed E-state index contributed by atoms with van der Waals surface area (Å²) in [6, 6.07) is 0.425. The van der Waals surface area contributed by atoms with Gasteiger partial charge in [-0.05, 0) is 64.1 Å². The lowest BCUT2D eigenvalue weighted by Gasteiger charge is -2.43. The molecule has 2 N–H and O–H groups in total. The van der Waals surface area contributed by atoms with Gasteiger partial charge in [0.05, 0.1) is 6.54 Å². The zero-order valence-corrected chi connectivity index (χ0v) is 14.9. The van der Waals surface area contributed by atoms with E-state index in [4.69, 9.17) is 5.73 Å². The Kier molecular flexibility index (Phi) is 9.87. The van der Waals surface area contributed by atoms with E-state index in [9.17, 15) is 4.79 Å². The fourth-order valence-electron chi connectivity index (χ4n) is 3.84. The van der Waals surface area contributed by atoms with Gasteiger partial charge >= 0.3 is 0 Å². The second-order valence-corrected chi connectivity index (χ2v) is 6.28. The van der Waals surface area contributed by atoms with Crippen LogP contribution in [0.2, 0.25) is 0 Å². The van der Waals surface area contributed by atoms with Crippen LogP contribution in [0.5, 0.6) is 0 Å².